The minimum absolute atomic E-state index is 0.0487. The number of aryl methyl sites for hydroxylation is 1. The van der Waals surface area contributed by atoms with Crippen LogP contribution >= 0.6 is 11.3 Å². The van der Waals surface area contributed by atoms with Crippen LogP contribution in [0, 0.1) is 24.2 Å². The van der Waals surface area contributed by atoms with Gasteiger partial charge in [0.05, 0.1) is 29.0 Å². The number of carbonyl (C=O) groups is 1. The van der Waals surface area contributed by atoms with Crippen molar-refractivity contribution in [3.63, 3.8) is 0 Å². The van der Waals surface area contributed by atoms with Crippen molar-refractivity contribution in [3.8, 4) is 0 Å². The molecule has 0 saturated carbocycles. The maximum Gasteiger partial charge on any atom is 0.373 e. The molecule has 0 aliphatic carbocycles. The van der Waals surface area contributed by atoms with E-state index in [1.165, 1.54) is 5.57 Å². The number of nitrogens with zero attached hydrogens (tertiary/aromatic N) is 1. The summed E-state index contributed by atoms with van der Waals surface area (Å²) in [4.78, 5) is 35.1. The van der Waals surface area contributed by atoms with Gasteiger partial charge in [0, 0.05) is 16.7 Å². The van der Waals surface area contributed by atoms with Crippen molar-refractivity contribution >= 4 is 46.0 Å². The maximum atomic E-state index is 14.4. The van der Waals surface area contributed by atoms with Gasteiger partial charge in [-0.1, -0.05) is 80.9 Å². The van der Waals surface area contributed by atoms with Crippen LogP contribution in [-0.2, 0) is 23.2 Å². The fraction of sp³-hybridized carbons (Fsp3) is 0.769. The van der Waals surface area contributed by atoms with Gasteiger partial charge in [-0.3, -0.25) is 4.79 Å². The van der Waals surface area contributed by atoms with Crippen LogP contribution in [-0.4, -0.2) is 57.0 Å². The topological polar surface area (TPSA) is 103 Å². The number of hydrogen-bond acceptors (Lipinski definition) is 8. The van der Waals surface area contributed by atoms with Crippen LogP contribution in [0.15, 0.2) is 22.6 Å². The summed E-state index contributed by atoms with van der Waals surface area (Å²) in [5, 5.41) is 13.9. The Kier molecular flexibility index (Phi) is 18.7. The standard InChI is InChI=1S/C38H71NO4SSi2.CO2/c1-26(22-23-33(40)28(3)24-32-25-44-31(6)39-32)20-19-21-27(2)34(43-46(17,18)37(10,11)12)29(4)35(41)38(13,14)30(5)42-45(15,16)36(7,8)9;2-1-3/h22,24-25,27,29-30,33-34,40H,19-21,23H2,1-18H3;/b26-22-,28-24+;. The molecule has 49 heavy (non-hydrogen) atoms. The summed E-state index contributed by atoms with van der Waals surface area (Å²) < 4.78 is 13.9. The Balaban J connectivity index is 0.00000738. The number of hydrogen-bond donors (Lipinski definition) is 1. The average molecular weight is 738 g/mol. The number of rotatable bonds is 17. The SMILES string of the molecule is C/C(=C/CC(O)/C(C)=C/c1csc(C)n1)CCCC(C)C(O[Si](C)(C)C(C)(C)C)C(C)C(=O)C(C)(C)C(C)O[Si](C)(C)C(C)(C)C.O=C=O. The van der Waals surface area contributed by atoms with E-state index in [9.17, 15) is 9.90 Å². The van der Waals surface area contributed by atoms with Gasteiger partial charge >= 0.3 is 6.15 Å². The van der Waals surface area contributed by atoms with Crippen LogP contribution in [0.2, 0.25) is 36.3 Å². The Bertz CT molecular complexity index is 1280. The maximum absolute atomic E-state index is 14.4. The van der Waals surface area contributed by atoms with Gasteiger partial charge in [-0.05, 0) is 107 Å². The lowest BCUT2D eigenvalue weighted by molar-refractivity contribution is -0.191. The van der Waals surface area contributed by atoms with Crippen molar-refractivity contribution in [3.05, 3.63) is 33.3 Å². The second-order valence-electron chi connectivity index (χ2n) is 17.7. The number of aliphatic hydroxyl groups excluding tert-OH is 1. The van der Waals surface area contributed by atoms with Crippen LogP contribution in [0.3, 0.4) is 0 Å². The lowest BCUT2D eigenvalue weighted by Gasteiger charge is -2.46. The zero-order valence-corrected chi connectivity index (χ0v) is 37.1. The molecule has 1 N–H and O–H groups in total. The largest absolute Gasteiger partial charge is 0.413 e. The summed E-state index contributed by atoms with van der Waals surface area (Å²) in [6.45, 7) is 39.3. The van der Waals surface area contributed by atoms with Gasteiger partial charge in [0.15, 0.2) is 16.6 Å². The molecule has 0 bridgehead atoms. The first-order valence-electron chi connectivity index (χ1n) is 17.9. The van der Waals surface area contributed by atoms with Crippen molar-refractivity contribution in [2.45, 2.75) is 177 Å². The van der Waals surface area contributed by atoms with Gasteiger partial charge in [-0.2, -0.15) is 9.59 Å². The molecule has 0 aliphatic heterocycles. The summed E-state index contributed by atoms with van der Waals surface area (Å²) in [5.41, 5.74) is 2.50. The van der Waals surface area contributed by atoms with E-state index >= 15 is 0 Å². The van der Waals surface area contributed by atoms with E-state index < -0.39 is 28.2 Å². The smallest absolute Gasteiger partial charge is 0.373 e. The van der Waals surface area contributed by atoms with Crippen molar-refractivity contribution in [1.82, 2.24) is 4.98 Å². The summed E-state index contributed by atoms with van der Waals surface area (Å²) in [5.74, 6) is 0.217. The summed E-state index contributed by atoms with van der Waals surface area (Å²) in [6.07, 6.45) is 7.09. The third-order valence-electron chi connectivity index (χ3n) is 11.1. The Hall–Kier alpha value is -1.53. The predicted molar refractivity (Wildman–Crippen MR) is 211 cm³/mol. The zero-order valence-electron chi connectivity index (χ0n) is 34.3. The first kappa shape index (κ1) is 47.5. The average Bonchev–Trinajstić information content (AvgIpc) is 3.36. The van der Waals surface area contributed by atoms with E-state index in [1.807, 2.05) is 25.3 Å². The fourth-order valence-corrected chi connectivity index (χ4v) is 8.75. The molecule has 1 heterocycles. The molecular formula is C39H71NO6SSi2. The highest BCUT2D eigenvalue weighted by molar-refractivity contribution is 7.09. The lowest BCUT2D eigenvalue weighted by atomic mass is 9.74. The zero-order chi connectivity index (χ0) is 38.8. The molecule has 1 rings (SSSR count). The Morgan fingerprint density at radius 3 is 1.90 bits per heavy atom. The molecule has 282 valence electrons. The quantitative estimate of drug-likeness (QED) is 0.125. The van der Waals surface area contributed by atoms with E-state index in [0.717, 1.165) is 35.5 Å². The number of ketones is 1. The molecule has 0 radical (unpaired) electrons. The van der Waals surface area contributed by atoms with Gasteiger partial charge in [0.2, 0.25) is 0 Å². The van der Waals surface area contributed by atoms with Crippen LogP contribution in [0.5, 0.6) is 0 Å². The molecule has 0 aromatic carbocycles. The summed E-state index contributed by atoms with van der Waals surface area (Å²) in [6, 6.07) is 0. The number of thiazole rings is 1. The molecule has 0 spiro atoms. The van der Waals surface area contributed by atoms with Crippen LogP contribution in [0.25, 0.3) is 6.08 Å². The molecule has 0 saturated heterocycles. The van der Waals surface area contributed by atoms with E-state index in [1.54, 1.807) is 11.3 Å². The highest BCUT2D eigenvalue weighted by Crippen LogP contribution is 2.43. The predicted octanol–water partition coefficient (Wildman–Crippen LogP) is 10.8. The van der Waals surface area contributed by atoms with E-state index in [-0.39, 0.29) is 46.1 Å². The number of Topliss-reactive ketones (excluding diaryl/α,β-unsaturated/α-hetero) is 1. The number of aromatic nitrogens is 1. The fourth-order valence-electron chi connectivity index (χ4n) is 5.17. The lowest BCUT2D eigenvalue weighted by Crippen LogP contribution is -2.53. The van der Waals surface area contributed by atoms with E-state index in [4.69, 9.17) is 18.4 Å². The summed E-state index contributed by atoms with van der Waals surface area (Å²) >= 11 is 1.62. The third-order valence-corrected chi connectivity index (χ3v) is 20.9. The second-order valence-corrected chi connectivity index (χ2v) is 28.2. The van der Waals surface area contributed by atoms with Crippen LogP contribution in [0.1, 0.15) is 126 Å². The van der Waals surface area contributed by atoms with Gasteiger partial charge < -0.3 is 14.0 Å². The van der Waals surface area contributed by atoms with Crippen LogP contribution < -0.4 is 0 Å². The first-order chi connectivity index (χ1) is 22.0. The Morgan fingerprint density at radius 1 is 0.959 bits per heavy atom. The molecule has 5 unspecified atom stereocenters. The Morgan fingerprint density at radius 2 is 1.45 bits per heavy atom. The molecule has 10 heteroatoms. The third kappa shape index (κ3) is 14.9. The molecule has 1 aromatic rings. The summed E-state index contributed by atoms with van der Waals surface area (Å²) in [7, 11) is -4.18. The van der Waals surface area contributed by atoms with Crippen molar-refractivity contribution < 1.29 is 28.3 Å². The van der Waals surface area contributed by atoms with Crippen LogP contribution in [0.4, 0.5) is 0 Å². The van der Waals surface area contributed by atoms with Crippen molar-refractivity contribution in [2.24, 2.45) is 17.3 Å². The van der Waals surface area contributed by atoms with Crippen molar-refractivity contribution in [1.29, 1.82) is 0 Å². The number of carbonyl (C=O) groups excluding carboxylic acids is 3. The monoisotopic (exact) mass is 737 g/mol. The molecule has 7 nitrogen and oxygen atoms in total. The number of aliphatic hydroxyl groups is 1. The number of allylic oxidation sites excluding steroid dienone is 1. The highest BCUT2D eigenvalue weighted by Gasteiger charge is 2.48. The normalized spacial score (nSPS) is 17.0. The molecule has 1 aromatic heterocycles. The molecule has 0 amide bonds. The molecule has 0 fully saturated rings. The minimum atomic E-state index is -2.14. The van der Waals surface area contributed by atoms with Gasteiger partial charge in [0.1, 0.15) is 5.78 Å². The first-order valence-corrected chi connectivity index (χ1v) is 24.6. The second kappa shape index (κ2) is 19.3. The Labute approximate surface area is 306 Å². The van der Waals surface area contributed by atoms with Gasteiger partial charge in [-0.15, -0.1) is 11.3 Å². The highest BCUT2D eigenvalue weighted by atomic mass is 32.1. The molecule has 0 aliphatic rings. The van der Waals surface area contributed by atoms with E-state index in [2.05, 4.69) is 120 Å². The van der Waals surface area contributed by atoms with Crippen molar-refractivity contribution in [2.75, 3.05) is 0 Å². The van der Waals surface area contributed by atoms with Gasteiger partial charge in [0.25, 0.3) is 0 Å². The minimum Gasteiger partial charge on any atom is -0.413 e. The van der Waals surface area contributed by atoms with Gasteiger partial charge in [-0.25, -0.2) is 4.98 Å². The molecule has 5 atom stereocenters. The molecular weight excluding hydrogens is 667 g/mol. The van der Waals surface area contributed by atoms with E-state index in [0.29, 0.717) is 6.42 Å².